The van der Waals surface area contributed by atoms with Gasteiger partial charge in [0.15, 0.2) is 0 Å². The molecular formula is C32H38N6O5. The fourth-order valence-corrected chi connectivity index (χ4v) is 5.58. The maximum absolute atomic E-state index is 13.7. The number of rotatable bonds is 10. The van der Waals surface area contributed by atoms with Gasteiger partial charge in [0.25, 0.3) is 5.56 Å². The number of ether oxygens (including phenoxy) is 2. The van der Waals surface area contributed by atoms with Gasteiger partial charge in [-0.3, -0.25) is 19.1 Å². The predicted octanol–water partition coefficient (Wildman–Crippen LogP) is 4.86. The number of fused-ring (bicyclic) bond motifs is 1. The average Bonchev–Trinajstić information content (AvgIpc) is 3.62. The van der Waals surface area contributed by atoms with Gasteiger partial charge in [-0.25, -0.2) is 4.68 Å². The molecule has 0 aliphatic carbocycles. The van der Waals surface area contributed by atoms with E-state index in [1.165, 1.54) is 0 Å². The van der Waals surface area contributed by atoms with Gasteiger partial charge in [-0.1, -0.05) is 61.9 Å². The summed E-state index contributed by atoms with van der Waals surface area (Å²) >= 11 is 0. The van der Waals surface area contributed by atoms with Gasteiger partial charge in [-0.05, 0) is 61.9 Å². The first-order valence-corrected chi connectivity index (χ1v) is 14.8. The predicted molar refractivity (Wildman–Crippen MR) is 160 cm³/mol. The number of hydrogen-bond acceptors (Lipinski definition) is 8. The molecule has 226 valence electrons. The Morgan fingerprint density at radius 2 is 1.79 bits per heavy atom. The van der Waals surface area contributed by atoms with E-state index < -0.39 is 24.1 Å². The van der Waals surface area contributed by atoms with Gasteiger partial charge >= 0.3 is 11.9 Å². The Balaban J connectivity index is 1.35. The lowest BCUT2D eigenvalue weighted by Gasteiger charge is -2.28. The third-order valence-electron chi connectivity index (χ3n) is 7.70. The Hall–Kier alpha value is -4.54. The van der Waals surface area contributed by atoms with Gasteiger partial charge in [-0.15, -0.1) is 10.2 Å². The summed E-state index contributed by atoms with van der Waals surface area (Å²) in [5.41, 5.74) is 4.95. The first-order chi connectivity index (χ1) is 20.7. The molecule has 43 heavy (non-hydrogen) atoms. The van der Waals surface area contributed by atoms with Gasteiger partial charge in [-0.2, -0.15) is 5.21 Å². The number of benzene rings is 2. The van der Waals surface area contributed by atoms with Gasteiger partial charge in [0, 0.05) is 29.8 Å². The molecule has 0 saturated carbocycles. The van der Waals surface area contributed by atoms with Crippen molar-refractivity contribution in [1.29, 1.82) is 0 Å². The minimum Gasteiger partial charge on any atom is -0.428 e. The summed E-state index contributed by atoms with van der Waals surface area (Å²) < 4.78 is 14.2. The first kappa shape index (κ1) is 29.9. The largest absolute Gasteiger partial charge is 0.428 e. The van der Waals surface area contributed by atoms with Crippen LogP contribution in [0.25, 0.3) is 22.5 Å². The molecule has 2 aromatic carbocycles. The number of nitrogens with zero attached hydrogens (tertiary/aromatic N) is 5. The number of esters is 2. The van der Waals surface area contributed by atoms with Crippen LogP contribution in [0.1, 0.15) is 76.2 Å². The zero-order valence-electron chi connectivity index (χ0n) is 25.1. The van der Waals surface area contributed by atoms with Crippen molar-refractivity contribution < 1.29 is 19.1 Å². The van der Waals surface area contributed by atoms with Crippen LogP contribution in [0.3, 0.4) is 0 Å². The quantitative estimate of drug-likeness (QED) is 0.206. The van der Waals surface area contributed by atoms with Crippen molar-refractivity contribution >= 4 is 11.9 Å². The lowest BCUT2D eigenvalue weighted by molar-refractivity contribution is -0.173. The van der Waals surface area contributed by atoms with Crippen molar-refractivity contribution in [2.24, 2.45) is 5.41 Å². The lowest BCUT2D eigenvalue weighted by atomic mass is 9.96. The summed E-state index contributed by atoms with van der Waals surface area (Å²) in [5.74, 6) is -0.362. The molecule has 0 radical (unpaired) electrons. The van der Waals surface area contributed by atoms with Gasteiger partial charge in [0.05, 0.1) is 17.9 Å². The SMILES string of the molecule is CCCc1c(Cc2ccc(-c3ccccc3-c3nn[nH]n3)cc2)c(=O)n2n1C(CC(=O)OCOC(=O)C(C)(C)C)CCC2. The normalized spacial score (nSPS) is 14.7. The maximum Gasteiger partial charge on any atom is 0.314 e. The third-order valence-corrected chi connectivity index (χ3v) is 7.70. The molecule has 2 aromatic heterocycles. The van der Waals surface area contributed by atoms with Crippen LogP contribution in [-0.4, -0.2) is 48.7 Å². The van der Waals surface area contributed by atoms with E-state index in [0.29, 0.717) is 18.8 Å². The van der Waals surface area contributed by atoms with Gasteiger partial charge in [0.1, 0.15) is 0 Å². The van der Waals surface area contributed by atoms with Crippen LogP contribution in [0, 0.1) is 5.41 Å². The van der Waals surface area contributed by atoms with Crippen molar-refractivity contribution in [3.63, 3.8) is 0 Å². The van der Waals surface area contributed by atoms with Crippen molar-refractivity contribution in [2.75, 3.05) is 6.79 Å². The molecule has 11 heteroatoms. The first-order valence-electron chi connectivity index (χ1n) is 14.8. The summed E-state index contributed by atoms with van der Waals surface area (Å²) in [5, 5.41) is 14.5. The molecule has 4 aromatic rings. The topological polar surface area (TPSA) is 134 Å². The molecule has 0 bridgehead atoms. The zero-order valence-corrected chi connectivity index (χ0v) is 25.1. The second-order valence-corrected chi connectivity index (χ2v) is 11.9. The molecule has 0 fully saturated rings. The summed E-state index contributed by atoms with van der Waals surface area (Å²) in [4.78, 5) is 38.4. The number of tetrazole rings is 1. The lowest BCUT2D eigenvalue weighted by Crippen LogP contribution is -2.33. The highest BCUT2D eigenvalue weighted by atomic mass is 16.7. The number of hydrogen-bond donors (Lipinski definition) is 1. The molecule has 11 nitrogen and oxygen atoms in total. The fraction of sp³-hybridized carbons (Fsp3) is 0.438. The highest BCUT2D eigenvalue weighted by molar-refractivity contribution is 5.80. The minimum atomic E-state index is -0.678. The van der Waals surface area contributed by atoms with Crippen LogP contribution in [-0.2, 0) is 38.4 Å². The molecule has 0 spiro atoms. The summed E-state index contributed by atoms with van der Waals surface area (Å²) in [6, 6.07) is 15.9. The Morgan fingerprint density at radius 1 is 1.05 bits per heavy atom. The Kier molecular flexibility index (Phi) is 8.89. The van der Waals surface area contributed by atoms with Crippen LogP contribution < -0.4 is 5.56 Å². The van der Waals surface area contributed by atoms with Gasteiger partial charge < -0.3 is 9.47 Å². The number of nitrogens with one attached hydrogen (secondary N) is 1. The minimum absolute atomic E-state index is 0.00727. The molecule has 3 heterocycles. The van der Waals surface area contributed by atoms with Crippen molar-refractivity contribution in [3.05, 3.63) is 75.7 Å². The van der Waals surface area contributed by atoms with Crippen LogP contribution >= 0.6 is 0 Å². The average molecular weight is 587 g/mol. The molecule has 1 aliphatic heterocycles. The van der Waals surface area contributed by atoms with Crippen molar-refractivity contribution in [2.45, 2.75) is 78.8 Å². The zero-order chi connectivity index (χ0) is 30.6. The molecule has 5 rings (SSSR count). The maximum atomic E-state index is 13.7. The van der Waals surface area contributed by atoms with Crippen LogP contribution in [0.5, 0.6) is 0 Å². The summed E-state index contributed by atoms with van der Waals surface area (Å²) in [6.45, 7) is 7.50. The molecule has 0 saturated heterocycles. The highest BCUT2D eigenvalue weighted by Gasteiger charge is 2.30. The number of aromatic amines is 1. The smallest absolute Gasteiger partial charge is 0.314 e. The molecular weight excluding hydrogens is 548 g/mol. The number of H-pyrrole nitrogens is 1. The van der Waals surface area contributed by atoms with E-state index in [2.05, 4.69) is 27.5 Å². The Morgan fingerprint density at radius 3 is 2.47 bits per heavy atom. The van der Waals surface area contributed by atoms with E-state index in [0.717, 1.165) is 59.2 Å². The van der Waals surface area contributed by atoms with Crippen LogP contribution in [0.4, 0.5) is 0 Å². The van der Waals surface area contributed by atoms with Gasteiger partial charge in [0.2, 0.25) is 12.6 Å². The van der Waals surface area contributed by atoms with Crippen LogP contribution in [0.15, 0.2) is 53.3 Å². The van der Waals surface area contributed by atoms with E-state index >= 15 is 0 Å². The number of aromatic nitrogens is 6. The summed E-state index contributed by atoms with van der Waals surface area (Å²) in [7, 11) is 0. The molecule has 1 unspecified atom stereocenters. The molecule has 1 aliphatic rings. The second-order valence-electron chi connectivity index (χ2n) is 11.9. The van der Waals surface area contributed by atoms with E-state index in [1.807, 2.05) is 53.2 Å². The van der Waals surface area contributed by atoms with E-state index in [9.17, 15) is 14.4 Å². The Labute approximate surface area is 250 Å². The molecule has 1 atom stereocenters. The standard InChI is InChI=1S/C32H38N6O5/c1-5-9-27-26(18-21-13-15-22(16-14-21)24-11-6-7-12-25(24)29-33-35-36-34-29)30(40)37-17-8-10-23(38(27)37)19-28(39)42-20-43-31(41)32(2,3)4/h6-7,11-16,23H,5,8-10,17-20H2,1-4H3,(H,33,34,35,36). The van der Waals surface area contributed by atoms with E-state index in [-0.39, 0.29) is 18.0 Å². The summed E-state index contributed by atoms with van der Waals surface area (Å²) in [6.07, 6.45) is 3.74. The number of carbonyl (C=O) groups excluding carboxylic acids is 2. The Bertz CT molecular complexity index is 1630. The highest BCUT2D eigenvalue weighted by Crippen LogP contribution is 2.31. The van der Waals surface area contributed by atoms with E-state index in [1.54, 1.807) is 25.5 Å². The molecule has 0 amide bonds. The van der Waals surface area contributed by atoms with Crippen molar-refractivity contribution in [1.82, 2.24) is 30.0 Å². The van der Waals surface area contributed by atoms with Crippen molar-refractivity contribution in [3.8, 4) is 22.5 Å². The third kappa shape index (κ3) is 6.60. The number of carbonyl (C=O) groups is 2. The monoisotopic (exact) mass is 586 g/mol. The van der Waals surface area contributed by atoms with E-state index in [4.69, 9.17) is 9.47 Å². The van der Waals surface area contributed by atoms with Crippen LogP contribution in [0.2, 0.25) is 0 Å². The fourth-order valence-electron chi connectivity index (χ4n) is 5.58. The second kappa shape index (κ2) is 12.8. The molecule has 1 N–H and O–H groups in total.